The zero-order valence-electron chi connectivity index (χ0n) is 20.6. The lowest BCUT2D eigenvalue weighted by Gasteiger charge is -2.32. The van der Waals surface area contributed by atoms with E-state index in [1.54, 1.807) is 38.3 Å². The van der Waals surface area contributed by atoms with Crippen LogP contribution in [0.3, 0.4) is 0 Å². The second-order valence-corrected chi connectivity index (χ2v) is 10.4. The minimum Gasteiger partial charge on any atom is -0.506 e. The van der Waals surface area contributed by atoms with Crippen molar-refractivity contribution in [1.82, 2.24) is 5.32 Å². The number of rotatable bonds is 10. The van der Waals surface area contributed by atoms with E-state index < -0.39 is 21.7 Å². The van der Waals surface area contributed by atoms with Crippen molar-refractivity contribution in [2.45, 2.75) is 25.5 Å². The van der Waals surface area contributed by atoms with Gasteiger partial charge in [-0.25, -0.2) is 8.42 Å². The van der Waals surface area contributed by atoms with Gasteiger partial charge in [0.25, 0.3) is 0 Å². The number of nitrogens with one attached hydrogen (secondary N) is 3. The number of aliphatic hydroxyl groups excluding tert-OH is 1. The molecule has 3 aromatic carbocycles. The standard InChI is InChI=1S/C26H31N3O6S/c1-17-7-5-6-8-21(17)28-25(32)26(2,19-10-12-20(35-3)13-11-19)27-16-24(31)18-9-14-23(30)22(15-18)29-36(4,33)34/h5-15,24,27,29-31H,16H2,1-4H3,(H,28,32)/t24-,26-/m0/s1. The lowest BCUT2D eigenvalue weighted by atomic mass is 9.90. The number of anilines is 2. The topological polar surface area (TPSA) is 137 Å². The minimum atomic E-state index is -3.63. The summed E-state index contributed by atoms with van der Waals surface area (Å²) in [4.78, 5) is 13.5. The fourth-order valence-corrected chi connectivity index (χ4v) is 4.22. The number of aliphatic hydroxyl groups is 1. The first-order valence-electron chi connectivity index (χ1n) is 11.2. The molecule has 0 unspecified atom stereocenters. The Kier molecular flexibility index (Phi) is 8.24. The van der Waals surface area contributed by atoms with Crippen LogP contribution in [0.2, 0.25) is 0 Å². The Morgan fingerprint density at radius 1 is 1.06 bits per heavy atom. The van der Waals surface area contributed by atoms with Crippen LogP contribution in [0, 0.1) is 6.92 Å². The van der Waals surface area contributed by atoms with Gasteiger partial charge in [-0.2, -0.15) is 0 Å². The molecule has 2 atom stereocenters. The molecule has 3 aromatic rings. The van der Waals surface area contributed by atoms with Crippen molar-refractivity contribution >= 4 is 27.3 Å². The molecule has 0 saturated heterocycles. The van der Waals surface area contributed by atoms with Gasteiger partial charge in [-0.3, -0.25) is 14.8 Å². The number of phenolic OH excluding ortho intramolecular Hbond substituents is 1. The van der Waals surface area contributed by atoms with Crippen LogP contribution in [0.15, 0.2) is 66.7 Å². The minimum absolute atomic E-state index is 0.0488. The summed E-state index contributed by atoms with van der Waals surface area (Å²) in [6, 6.07) is 18.6. The number of sulfonamides is 1. The number of carbonyl (C=O) groups is 1. The summed E-state index contributed by atoms with van der Waals surface area (Å²) < 4.78 is 30.6. The first kappa shape index (κ1) is 27.0. The zero-order chi connectivity index (χ0) is 26.5. The molecule has 36 heavy (non-hydrogen) atoms. The Labute approximate surface area is 211 Å². The number of hydrogen-bond donors (Lipinski definition) is 5. The number of aromatic hydroxyl groups is 1. The van der Waals surface area contributed by atoms with Gasteiger partial charge < -0.3 is 20.3 Å². The van der Waals surface area contributed by atoms with E-state index in [4.69, 9.17) is 4.74 Å². The van der Waals surface area contributed by atoms with Crippen LogP contribution >= 0.6 is 0 Å². The second kappa shape index (κ2) is 11.0. The van der Waals surface area contributed by atoms with Gasteiger partial charge in [-0.15, -0.1) is 0 Å². The second-order valence-electron chi connectivity index (χ2n) is 8.67. The molecule has 9 nitrogen and oxygen atoms in total. The largest absolute Gasteiger partial charge is 0.506 e. The predicted octanol–water partition coefficient (Wildman–Crippen LogP) is 3.26. The van der Waals surface area contributed by atoms with Crippen LogP contribution in [-0.4, -0.2) is 44.4 Å². The van der Waals surface area contributed by atoms with Crippen LogP contribution in [0.1, 0.15) is 29.7 Å². The molecule has 0 aliphatic carbocycles. The van der Waals surface area contributed by atoms with Gasteiger partial charge in [0.05, 0.1) is 25.2 Å². The molecule has 5 N–H and O–H groups in total. The number of ether oxygens (including phenoxy) is 1. The summed E-state index contributed by atoms with van der Waals surface area (Å²) in [6.07, 6.45) is -0.153. The average Bonchev–Trinajstić information content (AvgIpc) is 2.84. The Hall–Kier alpha value is -3.60. The van der Waals surface area contributed by atoms with Crippen molar-refractivity contribution in [3.8, 4) is 11.5 Å². The van der Waals surface area contributed by atoms with Gasteiger partial charge in [-0.05, 0) is 60.9 Å². The number of amides is 1. The maximum atomic E-state index is 13.5. The predicted molar refractivity (Wildman–Crippen MR) is 140 cm³/mol. The van der Waals surface area contributed by atoms with Crippen LogP contribution in [0.25, 0.3) is 0 Å². The number of phenols is 1. The third kappa shape index (κ3) is 6.54. The summed E-state index contributed by atoms with van der Waals surface area (Å²) in [5.41, 5.74) is 1.26. The summed E-state index contributed by atoms with van der Waals surface area (Å²) in [5, 5.41) is 27.0. The number of hydrogen-bond acceptors (Lipinski definition) is 7. The number of benzene rings is 3. The normalized spacial score (nSPS) is 13.9. The molecule has 0 radical (unpaired) electrons. The quantitative estimate of drug-likeness (QED) is 0.263. The molecular weight excluding hydrogens is 482 g/mol. The van der Waals surface area contributed by atoms with Crippen molar-refractivity contribution in [3.63, 3.8) is 0 Å². The zero-order valence-corrected chi connectivity index (χ0v) is 21.4. The number of carbonyl (C=O) groups excluding carboxylic acids is 1. The lowest BCUT2D eigenvalue weighted by molar-refractivity contribution is -0.122. The molecule has 0 bridgehead atoms. The fourth-order valence-electron chi connectivity index (χ4n) is 3.66. The fraction of sp³-hybridized carbons (Fsp3) is 0.269. The lowest BCUT2D eigenvalue weighted by Crippen LogP contribution is -2.51. The highest BCUT2D eigenvalue weighted by molar-refractivity contribution is 7.92. The van der Waals surface area contributed by atoms with Gasteiger partial charge in [0.1, 0.15) is 17.0 Å². The van der Waals surface area contributed by atoms with Crippen molar-refractivity contribution in [2.24, 2.45) is 0 Å². The van der Waals surface area contributed by atoms with E-state index >= 15 is 0 Å². The Morgan fingerprint density at radius 3 is 2.33 bits per heavy atom. The Morgan fingerprint density at radius 2 is 1.72 bits per heavy atom. The molecule has 0 heterocycles. The SMILES string of the molecule is COc1ccc([C@](C)(NC[C@H](O)c2ccc(O)c(NS(C)(=O)=O)c2)C(=O)Nc2ccccc2C)cc1. The van der Waals surface area contributed by atoms with Crippen LogP contribution in [0.5, 0.6) is 11.5 Å². The number of para-hydroxylation sites is 1. The van der Waals surface area contributed by atoms with Crippen molar-refractivity contribution in [1.29, 1.82) is 0 Å². The van der Waals surface area contributed by atoms with Gasteiger partial charge >= 0.3 is 0 Å². The van der Waals surface area contributed by atoms with E-state index in [1.807, 2.05) is 31.2 Å². The molecular formula is C26H31N3O6S. The van der Waals surface area contributed by atoms with E-state index in [0.29, 0.717) is 22.6 Å². The maximum absolute atomic E-state index is 13.5. The van der Waals surface area contributed by atoms with Crippen LogP contribution in [-0.2, 0) is 20.4 Å². The highest BCUT2D eigenvalue weighted by Gasteiger charge is 2.36. The monoisotopic (exact) mass is 513 g/mol. The molecule has 0 aliphatic rings. The first-order chi connectivity index (χ1) is 16.9. The summed E-state index contributed by atoms with van der Waals surface area (Å²) in [6.45, 7) is 3.56. The Bertz CT molecular complexity index is 1330. The van der Waals surface area contributed by atoms with E-state index in [2.05, 4.69) is 15.4 Å². The summed E-state index contributed by atoms with van der Waals surface area (Å²) >= 11 is 0. The Balaban J connectivity index is 1.88. The van der Waals surface area contributed by atoms with Gasteiger partial charge in [0, 0.05) is 12.2 Å². The number of aryl methyl sites for hydroxylation is 1. The van der Waals surface area contributed by atoms with Crippen molar-refractivity contribution < 1.29 is 28.2 Å². The van der Waals surface area contributed by atoms with Crippen LogP contribution < -0.4 is 20.1 Å². The van der Waals surface area contributed by atoms with E-state index in [-0.39, 0.29) is 23.9 Å². The molecule has 1 amide bonds. The van der Waals surface area contributed by atoms with Gasteiger partial charge in [0.15, 0.2) is 0 Å². The summed E-state index contributed by atoms with van der Waals surface area (Å²) in [7, 11) is -2.08. The highest BCUT2D eigenvalue weighted by atomic mass is 32.2. The molecule has 0 saturated carbocycles. The number of methoxy groups -OCH3 is 1. The average molecular weight is 514 g/mol. The third-order valence-electron chi connectivity index (χ3n) is 5.86. The molecule has 0 fully saturated rings. The van der Waals surface area contributed by atoms with Crippen LogP contribution in [0.4, 0.5) is 11.4 Å². The molecule has 3 rings (SSSR count). The molecule has 10 heteroatoms. The summed E-state index contributed by atoms with van der Waals surface area (Å²) in [5.74, 6) is 0.0276. The molecule has 192 valence electrons. The van der Waals surface area contributed by atoms with Crippen molar-refractivity contribution in [2.75, 3.05) is 29.9 Å². The first-order valence-corrected chi connectivity index (χ1v) is 13.1. The smallest absolute Gasteiger partial charge is 0.249 e. The third-order valence-corrected chi connectivity index (χ3v) is 6.46. The van der Waals surface area contributed by atoms with E-state index in [0.717, 1.165) is 11.8 Å². The van der Waals surface area contributed by atoms with E-state index in [1.165, 1.54) is 18.2 Å². The van der Waals surface area contributed by atoms with E-state index in [9.17, 15) is 23.4 Å². The molecule has 0 aromatic heterocycles. The highest BCUT2D eigenvalue weighted by Crippen LogP contribution is 2.30. The maximum Gasteiger partial charge on any atom is 0.249 e. The van der Waals surface area contributed by atoms with Crippen molar-refractivity contribution in [3.05, 3.63) is 83.4 Å². The molecule has 0 spiro atoms. The van der Waals surface area contributed by atoms with Gasteiger partial charge in [0.2, 0.25) is 15.9 Å². The van der Waals surface area contributed by atoms with Gasteiger partial charge in [-0.1, -0.05) is 36.4 Å². The molecule has 0 aliphatic heterocycles.